The molecule has 0 bridgehead atoms. The van der Waals surface area contributed by atoms with Crippen LogP contribution in [0.2, 0.25) is 0 Å². The number of carbonyl (C=O) groups excluding carboxylic acids is 3. The van der Waals surface area contributed by atoms with Crippen molar-refractivity contribution in [2.45, 2.75) is 142 Å². The molecule has 25 heteroatoms. The van der Waals surface area contributed by atoms with E-state index in [0.29, 0.717) is 82.7 Å². The second-order valence-corrected chi connectivity index (χ2v) is 31.4. The fourth-order valence-corrected chi connectivity index (χ4v) is 13.5. The first-order valence-corrected chi connectivity index (χ1v) is 41.6. The van der Waals surface area contributed by atoms with Gasteiger partial charge in [-0.1, -0.05) is 136 Å². The number of nitrogens with two attached hydrogens (primary N) is 3. The number of aliphatic imine (C=N–C) groups is 2. The summed E-state index contributed by atoms with van der Waals surface area (Å²) >= 11 is 0. The van der Waals surface area contributed by atoms with Crippen LogP contribution in [-0.4, -0.2) is 95.0 Å². The van der Waals surface area contributed by atoms with Gasteiger partial charge in [-0.2, -0.15) is 15.3 Å². The predicted molar refractivity (Wildman–Crippen MR) is 461 cm³/mol. The van der Waals surface area contributed by atoms with E-state index in [1.807, 2.05) is 137 Å². The third kappa shape index (κ3) is 26.9. The summed E-state index contributed by atoms with van der Waals surface area (Å²) in [7, 11) is 7.36. The number of aliphatic hydroxyl groups is 1. The van der Waals surface area contributed by atoms with E-state index in [9.17, 15) is 19.5 Å². The highest BCUT2D eigenvalue weighted by Gasteiger charge is 2.29. The molecule has 6 aromatic carbocycles. The summed E-state index contributed by atoms with van der Waals surface area (Å²) in [5, 5.41) is 36.1. The fourth-order valence-electron chi connectivity index (χ4n) is 13.5. The van der Waals surface area contributed by atoms with Gasteiger partial charge in [0, 0.05) is 121 Å². The molecule has 3 fully saturated rings. The van der Waals surface area contributed by atoms with Crippen molar-refractivity contribution in [1.29, 1.82) is 0 Å². The predicted octanol–water partition coefficient (Wildman–Crippen LogP) is 18.4. The zero-order valence-corrected chi connectivity index (χ0v) is 67.1. The van der Waals surface area contributed by atoms with Crippen molar-refractivity contribution < 1.29 is 23.7 Å². The molecule has 3 aromatic heterocycles. The van der Waals surface area contributed by atoms with Crippen molar-refractivity contribution in [2.24, 2.45) is 44.9 Å². The minimum atomic E-state index is -1.67. The lowest BCUT2D eigenvalue weighted by Crippen LogP contribution is -2.27. The zero-order chi connectivity index (χ0) is 80.7. The molecule has 0 radical (unpaired) electrons. The highest BCUT2D eigenvalue weighted by atomic mass is 36.0. The topological polar surface area (TPSA) is 302 Å². The molecule has 22 nitrogen and oxygen atoms in total. The summed E-state index contributed by atoms with van der Waals surface area (Å²) in [6.45, 7) is 23.6. The lowest BCUT2D eigenvalue weighted by Gasteiger charge is -2.19. The normalized spacial score (nSPS) is 14.8. The lowest BCUT2D eigenvalue weighted by atomic mass is 9.85. The molecule has 114 heavy (non-hydrogen) atoms. The number of hydrogen-bond donors (Lipinski definition) is 8. The quantitative estimate of drug-likeness (QED) is 0.0129. The van der Waals surface area contributed by atoms with E-state index in [4.69, 9.17) is 34.6 Å². The maximum absolute atomic E-state index is 13.3. The minimum Gasteiger partial charge on any atom is -0.388 e. The summed E-state index contributed by atoms with van der Waals surface area (Å²) in [6, 6.07) is 51.0. The van der Waals surface area contributed by atoms with E-state index in [-0.39, 0.29) is 17.7 Å². The molecule has 11 N–H and O–H groups in total. The molecule has 3 amide bonds. The van der Waals surface area contributed by atoms with E-state index < -0.39 is 15.3 Å². The van der Waals surface area contributed by atoms with Gasteiger partial charge in [0.05, 0.1) is 53.4 Å². The van der Waals surface area contributed by atoms with Crippen LogP contribution in [0.4, 0.5) is 28.4 Å². The number of carbonyl (C=O) groups is 3. The molecular weight excluding hydrogens is 1490 g/mol. The van der Waals surface area contributed by atoms with Crippen molar-refractivity contribution in [3.05, 3.63) is 291 Å². The van der Waals surface area contributed by atoms with Gasteiger partial charge in [-0.25, -0.2) is 27.9 Å². The number of anilines is 3. The van der Waals surface area contributed by atoms with Gasteiger partial charge in [0.2, 0.25) is 9.23 Å². The Kier molecular flexibility index (Phi) is 33.0. The zero-order valence-electron chi connectivity index (χ0n) is 64.8. The Hall–Kier alpha value is -10.8. The molecule has 0 saturated heterocycles. The summed E-state index contributed by atoms with van der Waals surface area (Å²) in [6.07, 6.45) is 33.2. The van der Waals surface area contributed by atoms with Crippen LogP contribution < -0.4 is 38.5 Å². The standard InChI is InChI=1S/C28H27N5O.C28H31N5O.C24H24N4O2.C5H6.C4H13N3.Cl2OS/c1-19-15-27(33(32-19)25-8-4-6-23(17-25)29-2)28(34)31-24-7-3-5-21(16-24)26(12-11-20-9-10-20)22-13-14-30-18-22;1-19-14-27(33(32-19)25-7-2-4-21(15-25)17-29)28(34)31-24-6-3-5-22(16-24)26(11-10-20-8-9-20)23-12-13-30-18-23;1-16-13-22(28(27-16)21-8-4-6-19(15-21)25-2)24(30)26-20-7-3-5-18(14-20)23(29)12-11-17-9-10-17;1-2-4-5-3-1;5-1-3-7-4-2-6;1-4(2)3/h3-8,14-18,20,26H,9-13H2,1H3,(H,31,34);2-7,13-16,18,20,26H,8-12,17,29H2,1H3,(H,31,34);3-8,13-15,17,23,29H,9-12H2,1H3,(H,26,30);1-4H,5H2;7H,1-6H2;. The number of aromatic nitrogens is 6. The van der Waals surface area contributed by atoms with Crippen molar-refractivity contribution >= 4 is 89.2 Å². The third-order valence-corrected chi connectivity index (χ3v) is 19.8. The molecule has 6 aliphatic rings. The molecule has 9 aromatic rings. The van der Waals surface area contributed by atoms with Gasteiger partial charge in [0.15, 0.2) is 11.4 Å². The van der Waals surface area contributed by atoms with Crippen LogP contribution in [0, 0.1) is 51.7 Å². The first-order valence-electron chi connectivity index (χ1n) is 38.8. The minimum absolute atomic E-state index is 0.186. The molecule has 0 spiro atoms. The summed E-state index contributed by atoms with van der Waals surface area (Å²) in [4.78, 5) is 55.2. The van der Waals surface area contributed by atoms with Crippen molar-refractivity contribution in [3.63, 3.8) is 0 Å². The molecule has 3 unspecified atom stereocenters. The van der Waals surface area contributed by atoms with Crippen LogP contribution in [0.3, 0.4) is 0 Å². The Bertz CT molecular complexity index is 5030. The first kappa shape index (κ1) is 85.6. The smallest absolute Gasteiger partial charge is 0.274 e. The maximum Gasteiger partial charge on any atom is 0.274 e. The number of aryl methyl sites for hydroxylation is 3. The number of rotatable bonds is 28. The van der Waals surface area contributed by atoms with Crippen molar-refractivity contribution in [2.75, 3.05) is 42.1 Å². The molecule has 592 valence electrons. The van der Waals surface area contributed by atoms with Crippen LogP contribution in [0.15, 0.2) is 222 Å². The monoisotopic (exact) mass is 1590 g/mol. The van der Waals surface area contributed by atoms with Crippen molar-refractivity contribution in [3.8, 4) is 17.1 Å². The number of amides is 3. The third-order valence-electron chi connectivity index (χ3n) is 19.8. The molecule has 5 heterocycles. The SMILES string of the molecule is C1=CCC=C1.Cc1cc(C(=O)Nc2cccc(C(CCC3CC3)C3=CN=CC3)c2)n(-c2cccc(CN)c2)n1.NCCNCCN.O=S(Cl)Cl.[C-]#[N+]c1cccc(-n2nc(C)cc2C(=O)Nc2cccc(C(CCC3CC3)C3=CN=CC3)c2)c1.[C-]#[N+]c1cccc(-n2nc(C)cc2C(=O)Nc2cccc(C(O)CCC3CC3)c2)c1. The Morgan fingerprint density at radius 1 is 0.518 bits per heavy atom. The summed E-state index contributed by atoms with van der Waals surface area (Å²) in [5.41, 5.74) is 32.0. The summed E-state index contributed by atoms with van der Waals surface area (Å²) < 4.78 is 13.9. The van der Waals surface area contributed by atoms with E-state index in [0.717, 1.165) is 115 Å². The second-order valence-electron chi connectivity index (χ2n) is 28.9. The maximum atomic E-state index is 13.3. The molecular formula is C89H101Cl2N17O5S. The average molecular weight is 1590 g/mol. The number of nitrogens with one attached hydrogen (secondary N) is 4. The summed E-state index contributed by atoms with van der Waals surface area (Å²) in [5.74, 6) is 2.47. The van der Waals surface area contributed by atoms with E-state index in [2.05, 4.69) is 126 Å². The van der Waals surface area contributed by atoms with Gasteiger partial charge in [-0.3, -0.25) is 24.4 Å². The Morgan fingerprint density at radius 2 is 0.886 bits per heavy atom. The van der Waals surface area contributed by atoms with Gasteiger partial charge in [-0.05, 0) is 208 Å². The van der Waals surface area contributed by atoms with Crippen molar-refractivity contribution in [1.82, 2.24) is 34.7 Å². The van der Waals surface area contributed by atoms with Crippen LogP contribution in [0.25, 0.3) is 26.8 Å². The number of benzene rings is 6. The Labute approximate surface area is 679 Å². The average Bonchev–Trinajstić information content (AvgIpc) is 1.65. The molecule has 2 aliphatic heterocycles. The molecule has 15 rings (SSSR count). The Morgan fingerprint density at radius 3 is 1.24 bits per heavy atom. The molecule has 4 aliphatic carbocycles. The number of allylic oxidation sites excluding steroid dienone is 6. The highest BCUT2D eigenvalue weighted by molar-refractivity contribution is 8.26. The highest BCUT2D eigenvalue weighted by Crippen LogP contribution is 2.43. The second kappa shape index (κ2) is 44.0. The molecule has 3 atom stereocenters. The lowest BCUT2D eigenvalue weighted by molar-refractivity contribution is 0.101. The van der Waals surface area contributed by atoms with Gasteiger partial charge in [-0.15, -0.1) is 0 Å². The number of hydrogen-bond acceptors (Lipinski definition) is 14. The fraction of sp³-hybridized carbons (Fsp3) is 0.326. The van der Waals surface area contributed by atoms with Crippen LogP contribution in [0.5, 0.6) is 0 Å². The number of nitrogens with zero attached hydrogens (tertiary/aromatic N) is 10. The van der Waals surface area contributed by atoms with Crippen LogP contribution >= 0.6 is 21.4 Å². The number of halogens is 2. The number of aliphatic hydroxyl groups excluding tert-OH is 1. The van der Waals surface area contributed by atoms with Gasteiger partial charge < -0.3 is 43.6 Å². The largest absolute Gasteiger partial charge is 0.388 e. The Balaban J connectivity index is 0.000000165. The van der Waals surface area contributed by atoms with Gasteiger partial charge in [0.1, 0.15) is 17.1 Å². The van der Waals surface area contributed by atoms with E-state index >= 15 is 0 Å². The van der Waals surface area contributed by atoms with Gasteiger partial charge in [0.25, 0.3) is 17.7 Å². The first-order chi connectivity index (χ1) is 55.4. The molecule has 3 saturated carbocycles. The van der Waals surface area contributed by atoms with Gasteiger partial charge >= 0.3 is 0 Å². The van der Waals surface area contributed by atoms with Crippen LogP contribution in [-0.2, 0) is 15.8 Å². The van der Waals surface area contributed by atoms with E-state index in [1.165, 1.54) is 73.6 Å². The van der Waals surface area contributed by atoms with E-state index in [1.54, 1.807) is 62.6 Å². The van der Waals surface area contributed by atoms with Crippen LogP contribution in [0.1, 0.15) is 185 Å².